The molecule has 0 aliphatic carbocycles. The maximum absolute atomic E-state index is 14.2. The van der Waals surface area contributed by atoms with E-state index in [4.69, 9.17) is 31.8 Å². The molecular weight excluding hydrogens is 629 g/mol. The van der Waals surface area contributed by atoms with Gasteiger partial charge in [-0.05, 0) is 75.4 Å². The van der Waals surface area contributed by atoms with Crippen LogP contribution in [0.1, 0.15) is 32.6 Å². The third-order valence-corrected chi connectivity index (χ3v) is 8.17. The van der Waals surface area contributed by atoms with E-state index in [1.165, 1.54) is 48.1 Å². The van der Waals surface area contributed by atoms with Crippen molar-refractivity contribution in [3.05, 3.63) is 87.7 Å². The normalized spacial score (nSPS) is 14.1. The van der Waals surface area contributed by atoms with Crippen molar-refractivity contribution < 1.29 is 23.5 Å². The molecule has 47 heavy (non-hydrogen) atoms. The number of methoxy groups -OCH3 is 2. The first-order valence-electron chi connectivity index (χ1n) is 15.0. The molecule has 1 saturated heterocycles. The van der Waals surface area contributed by atoms with Gasteiger partial charge in [-0.15, -0.1) is 0 Å². The molecule has 0 spiro atoms. The zero-order valence-electron chi connectivity index (χ0n) is 26.8. The molecule has 248 valence electrons. The molecule has 1 aliphatic rings. The Labute approximate surface area is 276 Å². The Morgan fingerprint density at radius 3 is 2.32 bits per heavy atom. The summed E-state index contributed by atoms with van der Waals surface area (Å²) in [7, 11) is 2.98. The van der Waals surface area contributed by atoms with E-state index in [9.17, 15) is 18.8 Å². The fraction of sp³-hybridized carbons (Fsp3) is 0.333. The van der Waals surface area contributed by atoms with Crippen LogP contribution in [-0.4, -0.2) is 72.4 Å². The number of fused-ring (bicyclic) bond motifs is 1. The number of amides is 3. The number of nitrogens with two attached hydrogens (primary N) is 1. The Balaban J connectivity index is 1.64. The molecule has 3 N–H and O–H groups in total. The summed E-state index contributed by atoms with van der Waals surface area (Å²) in [4.78, 5) is 49.3. The molecule has 5 rings (SSSR count). The first-order valence-corrected chi connectivity index (χ1v) is 15.3. The summed E-state index contributed by atoms with van der Waals surface area (Å²) in [6, 6.07) is 13.7. The van der Waals surface area contributed by atoms with E-state index < -0.39 is 23.4 Å². The second-order valence-corrected chi connectivity index (χ2v) is 12.2. The molecule has 0 radical (unpaired) electrons. The van der Waals surface area contributed by atoms with E-state index in [0.717, 1.165) is 0 Å². The Bertz CT molecular complexity index is 1850. The van der Waals surface area contributed by atoms with Crippen LogP contribution in [0, 0.1) is 5.82 Å². The predicted octanol–water partition coefficient (Wildman–Crippen LogP) is 4.52. The number of urea groups is 1. The van der Waals surface area contributed by atoms with Gasteiger partial charge in [0.1, 0.15) is 17.3 Å². The Hall–Kier alpha value is -4.88. The number of piperazine rings is 1. The highest BCUT2D eigenvalue weighted by atomic mass is 35.5. The Kier molecular flexibility index (Phi) is 9.59. The molecule has 0 saturated carbocycles. The number of hydrogen-bond donors (Lipinski definition) is 2. The van der Waals surface area contributed by atoms with Crippen molar-refractivity contribution >= 4 is 45.8 Å². The minimum absolute atomic E-state index is 0.195. The molecule has 2 heterocycles. The fourth-order valence-electron chi connectivity index (χ4n) is 5.53. The number of ether oxygens (including phenoxy) is 2. The average molecular weight is 666 g/mol. The summed E-state index contributed by atoms with van der Waals surface area (Å²) in [6.07, 6.45) is 0. The van der Waals surface area contributed by atoms with Gasteiger partial charge in [-0.1, -0.05) is 11.6 Å². The monoisotopic (exact) mass is 665 g/mol. The van der Waals surface area contributed by atoms with Gasteiger partial charge in [0.25, 0.3) is 5.56 Å². The van der Waals surface area contributed by atoms with Crippen LogP contribution in [0.5, 0.6) is 11.5 Å². The summed E-state index contributed by atoms with van der Waals surface area (Å²) in [5.74, 6) is 0.403. The van der Waals surface area contributed by atoms with Crippen molar-refractivity contribution in [3.63, 3.8) is 0 Å². The van der Waals surface area contributed by atoms with E-state index in [2.05, 4.69) is 5.32 Å². The Morgan fingerprint density at radius 2 is 1.70 bits per heavy atom. The van der Waals surface area contributed by atoms with E-state index in [1.54, 1.807) is 62.1 Å². The second-order valence-electron chi connectivity index (χ2n) is 11.7. The smallest absolute Gasteiger partial charge is 0.327 e. The van der Waals surface area contributed by atoms with Crippen LogP contribution in [0.2, 0.25) is 5.02 Å². The van der Waals surface area contributed by atoms with Gasteiger partial charge in [0.05, 0.1) is 55.5 Å². The van der Waals surface area contributed by atoms with Gasteiger partial charge in [-0.3, -0.25) is 14.5 Å². The molecule has 12 nitrogen and oxygen atoms in total. The number of hydrogen-bond acceptors (Lipinski definition) is 8. The molecule has 1 fully saturated rings. The van der Waals surface area contributed by atoms with Crippen LogP contribution in [0.15, 0.2) is 65.5 Å². The number of carbonyl (C=O) groups excluding carboxylic acids is 2. The maximum Gasteiger partial charge on any atom is 0.327 e. The van der Waals surface area contributed by atoms with Crippen LogP contribution in [0.4, 0.5) is 20.6 Å². The topological polar surface area (TPSA) is 135 Å². The first kappa shape index (κ1) is 33.5. The lowest BCUT2D eigenvalue weighted by atomic mass is 10.1. The number of anilines is 2. The van der Waals surface area contributed by atoms with E-state index in [1.807, 2.05) is 5.01 Å². The van der Waals surface area contributed by atoms with Crippen molar-refractivity contribution in [2.45, 2.75) is 32.4 Å². The number of rotatable bonds is 8. The molecule has 0 bridgehead atoms. The van der Waals surface area contributed by atoms with Crippen LogP contribution in [-0.2, 0) is 4.79 Å². The summed E-state index contributed by atoms with van der Waals surface area (Å²) < 4.78 is 26.2. The number of carbonyl (C=O) groups is 2. The second kappa shape index (κ2) is 13.5. The molecule has 1 atom stereocenters. The number of benzene rings is 3. The van der Waals surface area contributed by atoms with E-state index in [0.29, 0.717) is 65.0 Å². The number of aromatic nitrogens is 2. The third-order valence-electron chi connectivity index (χ3n) is 7.93. The first-order chi connectivity index (χ1) is 22.3. The highest BCUT2D eigenvalue weighted by Crippen LogP contribution is 2.37. The molecule has 3 aromatic carbocycles. The number of nitrogens with one attached hydrogen (secondary N) is 1. The van der Waals surface area contributed by atoms with Crippen molar-refractivity contribution in [3.8, 4) is 11.5 Å². The van der Waals surface area contributed by atoms with Crippen LogP contribution in [0.3, 0.4) is 0 Å². The van der Waals surface area contributed by atoms with Crippen LogP contribution >= 0.6 is 11.6 Å². The minimum atomic E-state index is -1.04. The van der Waals surface area contributed by atoms with Gasteiger partial charge in [0.15, 0.2) is 5.82 Å². The Morgan fingerprint density at radius 1 is 1.02 bits per heavy atom. The van der Waals surface area contributed by atoms with Crippen LogP contribution < -0.4 is 36.0 Å². The largest absolute Gasteiger partial charge is 0.497 e. The highest BCUT2D eigenvalue weighted by molar-refractivity contribution is 6.31. The summed E-state index contributed by atoms with van der Waals surface area (Å²) >= 11 is 6.32. The molecular formula is C33H37ClFN7O5. The van der Waals surface area contributed by atoms with Gasteiger partial charge >= 0.3 is 6.03 Å². The van der Waals surface area contributed by atoms with Gasteiger partial charge in [0.2, 0.25) is 5.91 Å². The third kappa shape index (κ3) is 6.96. The lowest BCUT2D eigenvalue weighted by molar-refractivity contribution is -0.136. The molecule has 14 heteroatoms. The van der Waals surface area contributed by atoms with E-state index in [-0.39, 0.29) is 17.3 Å². The summed E-state index contributed by atoms with van der Waals surface area (Å²) in [5, 5.41) is 5.35. The van der Waals surface area contributed by atoms with Crippen molar-refractivity contribution in [2.24, 2.45) is 5.73 Å². The molecule has 4 aromatic rings. The van der Waals surface area contributed by atoms with Crippen molar-refractivity contribution in [1.29, 1.82) is 0 Å². The average Bonchev–Trinajstić information content (AvgIpc) is 3.05. The summed E-state index contributed by atoms with van der Waals surface area (Å²) in [6.45, 7) is 6.29. The van der Waals surface area contributed by atoms with Crippen molar-refractivity contribution in [1.82, 2.24) is 14.6 Å². The predicted molar refractivity (Wildman–Crippen MR) is 180 cm³/mol. The number of nitrogens with zero attached hydrogens (tertiary/aromatic N) is 5. The molecule has 1 aromatic heterocycles. The quantitative estimate of drug-likeness (QED) is 0.281. The van der Waals surface area contributed by atoms with Gasteiger partial charge in [-0.25, -0.2) is 18.8 Å². The minimum Gasteiger partial charge on any atom is -0.497 e. The number of halogens is 2. The van der Waals surface area contributed by atoms with Crippen molar-refractivity contribution in [2.75, 3.05) is 55.6 Å². The lowest BCUT2D eigenvalue weighted by Gasteiger charge is -2.40. The highest BCUT2D eigenvalue weighted by Gasteiger charge is 2.34. The lowest BCUT2D eigenvalue weighted by Crippen LogP contribution is -2.60. The fourth-order valence-corrected chi connectivity index (χ4v) is 5.69. The maximum atomic E-state index is 14.2. The van der Waals surface area contributed by atoms with Gasteiger partial charge < -0.3 is 30.4 Å². The van der Waals surface area contributed by atoms with Gasteiger partial charge in [0, 0.05) is 29.9 Å². The van der Waals surface area contributed by atoms with Crippen LogP contribution in [0.25, 0.3) is 10.9 Å². The zero-order chi connectivity index (χ0) is 34.0. The molecule has 3 amide bonds. The van der Waals surface area contributed by atoms with E-state index >= 15 is 0 Å². The standard InChI is InChI=1S/C33H37ClFN7O5/c1-20(41(27-13-11-24(46-4)19-28(27)47-5)32(45)37-23-9-7-22(35)8-10-23)29-38-26-18-21(34)6-12-25(26)30(43)42(29)40-16-14-39(15-17-40)31(44)33(2,3)36/h6-13,18-20H,14-17,36H2,1-5H3,(H,37,45). The SMILES string of the molecule is COc1ccc(N(C(=O)Nc2ccc(F)cc2)C(C)c2nc3cc(Cl)ccc3c(=O)n2N2CCN(C(=O)C(C)(C)N)CC2)c(OC)c1. The zero-order valence-corrected chi connectivity index (χ0v) is 27.5. The molecule has 1 unspecified atom stereocenters. The summed E-state index contributed by atoms with van der Waals surface area (Å²) in [5.41, 5.74) is 5.72. The molecule has 1 aliphatic heterocycles. The van der Waals surface area contributed by atoms with Gasteiger partial charge in [-0.2, -0.15) is 0 Å².